The van der Waals surface area contributed by atoms with Gasteiger partial charge < -0.3 is 5.11 Å². The summed E-state index contributed by atoms with van der Waals surface area (Å²) in [6.07, 6.45) is -0.715. The summed E-state index contributed by atoms with van der Waals surface area (Å²) in [5, 5.41) is 12.7. The molecule has 0 aliphatic heterocycles. The molecule has 0 heterocycles. The molecule has 0 bridgehead atoms. The largest absolute Gasteiger partial charge is 0.376 e. The van der Waals surface area contributed by atoms with Gasteiger partial charge in [-0.25, -0.2) is 0 Å². The lowest BCUT2D eigenvalue weighted by atomic mass is 10.1. The molecule has 0 fully saturated rings. The van der Waals surface area contributed by atoms with Crippen molar-refractivity contribution in [2.45, 2.75) is 11.0 Å². The summed E-state index contributed by atoms with van der Waals surface area (Å²) in [7, 11) is 0. The highest BCUT2D eigenvalue weighted by Crippen LogP contribution is 2.16. The third kappa shape index (κ3) is 3.67. The van der Waals surface area contributed by atoms with Gasteiger partial charge in [0.1, 0.15) is 6.10 Å². The number of rotatable bonds is 2. The van der Waals surface area contributed by atoms with Crippen LogP contribution in [-0.4, -0.2) is 5.11 Å². The van der Waals surface area contributed by atoms with E-state index in [1.807, 2.05) is 60.7 Å². The first kappa shape index (κ1) is 11.8. The maximum atomic E-state index is 9.81. The van der Waals surface area contributed by atoms with Crippen molar-refractivity contribution >= 4 is 11.8 Å². The van der Waals surface area contributed by atoms with Crippen molar-refractivity contribution in [3.63, 3.8) is 0 Å². The Kier molecular flexibility index (Phi) is 4.26. The molecule has 0 amide bonds. The van der Waals surface area contributed by atoms with Gasteiger partial charge in [-0.15, -0.1) is 0 Å². The second-order valence-corrected chi connectivity index (χ2v) is 4.35. The molecular weight excluding hydrogens is 228 g/mol. The van der Waals surface area contributed by atoms with Crippen LogP contribution in [0.2, 0.25) is 0 Å². The van der Waals surface area contributed by atoms with Crippen molar-refractivity contribution in [1.82, 2.24) is 0 Å². The minimum Gasteiger partial charge on any atom is -0.376 e. The highest BCUT2D eigenvalue weighted by molar-refractivity contribution is 8.03. The summed E-state index contributed by atoms with van der Waals surface area (Å²) in [6, 6.07) is 19.3. The number of thioether (sulfide) groups is 1. The predicted molar refractivity (Wildman–Crippen MR) is 71.5 cm³/mol. The predicted octanol–water partition coefficient (Wildman–Crippen LogP) is 3.47. The average Bonchev–Trinajstić information content (AvgIpc) is 2.41. The first-order chi connectivity index (χ1) is 8.36. The molecule has 2 aromatic carbocycles. The van der Waals surface area contributed by atoms with E-state index in [4.69, 9.17) is 0 Å². The van der Waals surface area contributed by atoms with Gasteiger partial charge in [-0.3, -0.25) is 0 Å². The Balaban J connectivity index is 1.98. The fourth-order valence-corrected chi connectivity index (χ4v) is 1.93. The monoisotopic (exact) mass is 240 g/mol. The van der Waals surface area contributed by atoms with Gasteiger partial charge in [0.15, 0.2) is 0 Å². The van der Waals surface area contributed by atoms with E-state index >= 15 is 0 Å². The van der Waals surface area contributed by atoms with Crippen LogP contribution in [0.1, 0.15) is 11.7 Å². The molecule has 84 valence electrons. The number of hydrogen-bond donors (Lipinski definition) is 1. The van der Waals surface area contributed by atoms with Gasteiger partial charge in [0.05, 0.1) is 0 Å². The first-order valence-electron chi connectivity index (χ1n) is 5.32. The van der Waals surface area contributed by atoms with Crippen molar-refractivity contribution in [3.8, 4) is 11.2 Å². The van der Waals surface area contributed by atoms with E-state index in [9.17, 15) is 5.11 Å². The number of benzene rings is 2. The molecule has 2 heteroatoms. The normalized spacial score (nSPS) is 11.4. The lowest BCUT2D eigenvalue weighted by Gasteiger charge is -2.01. The maximum absolute atomic E-state index is 9.81. The van der Waals surface area contributed by atoms with E-state index in [1.165, 1.54) is 11.8 Å². The molecule has 0 spiro atoms. The Labute approximate surface area is 105 Å². The third-order valence-corrected chi connectivity index (χ3v) is 2.95. The second-order valence-electron chi connectivity index (χ2n) is 3.47. The molecule has 1 atom stereocenters. The van der Waals surface area contributed by atoms with Gasteiger partial charge in [0.2, 0.25) is 0 Å². The van der Waals surface area contributed by atoms with Crippen LogP contribution >= 0.6 is 11.8 Å². The van der Waals surface area contributed by atoms with E-state index in [1.54, 1.807) is 0 Å². The Bertz CT molecular complexity index is 511. The molecule has 1 unspecified atom stereocenters. The molecule has 1 nitrogen and oxygen atoms in total. The van der Waals surface area contributed by atoms with E-state index in [0.29, 0.717) is 0 Å². The first-order valence-corrected chi connectivity index (χ1v) is 6.13. The zero-order valence-electron chi connectivity index (χ0n) is 9.21. The van der Waals surface area contributed by atoms with Gasteiger partial charge in [-0.1, -0.05) is 54.5 Å². The van der Waals surface area contributed by atoms with Crippen LogP contribution in [0.5, 0.6) is 0 Å². The smallest absolute Gasteiger partial charge is 0.141 e. The molecule has 2 rings (SSSR count). The maximum Gasteiger partial charge on any atom is 0.141 e. The minimum atomic E-state index is -0.715. The summed E-state index contributed by atoms with van der Waals surface area (Å²) in [6.45, 7) is 0. The topological polar surface area (TPSA) is 20.2 Å². The van der Waals surface area contributed by atoms with Gasteiger partial charge in [-0.2, -0.15) is 0 Å². The molecular formula is C15H12OS. The van der Waals surface area contributed by atoms with Gasteiger partial charge in [0.25, 0.3) is 0 Å². The summed E-state index contributed by atoms with van der Waals surface area (Å²) in [4.78, 5) is 1.08. The number of aliphatic hydroxyl groups excluding tert-OH is 1. The van der Waals surface area contributed by atoms with Crippen LogP contribution in [0.4, 0.5) is 0 Å². The van der Waals surface area contributed by atoms with E-state index in [0.717, 1.165) is 10.5 Å². The van der Waals surface area contributed by atoms with Crippen molar-refractivity contribution < 1.29 is 5.11 Å². The van der Waals surface area contributed by atoms with Crippen LogP contribution in [0.3, 0.4) is 0 Å². The lowest BCUT2D eigenvalue weighted by Crippen LogP contribution is -1.91. The highest BCUT2D eigenvalue weighted by atomic mass is 32.2. The second kappa shape index (κ2) is 6.15. The fourth-order valence-electron chi connectivity index (χ4n) is 1.35. The van der Waals surface area contributed by atoms with Crippen molar-refractivity contribution in [2.24, 2.45) is 0 Å². The van der Waals surface area contributed by atoms with Gasteiger partial charge in [-0.05, 0) is 34.7 Å². The Morgan fingerprint density at radius 1 is 0.882 bits per heavy atom. The van der Waals surface area contributed by atoms with E-state index < -0.39 is 6.10 Å². The van der Waals surface area contributed by atoms with Crippen LogP contribution in [0.15, 0.2) is 65.6 Å². The summed E-state index contributed by atoms with van der Waals surface area (Å²) in [5.41, 5.74) is 0.827. The van der Waals surface area contributed by atoms with Gasteiger partial charge in [0, 0.05) is 4.90 Å². The van der Waals surface area contributed by atoms with Crippen molar-refractivity contribution in [2.75, 3.05) is 0 Å². The molecule has 0 aromatic heterocycles. The SMILES string of the molecule is OC(C#CSc1ccccc1)c1ccccc1. The zero-order chi connectivity index (χ0) is 11.9. The standard InChI is InChI=1S/C15H12OS/c16-15(13-7-3-1-4-8-13)11-12-17-14-9-5-2-6-10-14/h1-10,15-16H. The molecule has 0 aliphatic rings. The molecule has 2 aromatic rings. The number of hydrogen-bond acceptors (Lipinski definition) is 2. The summed E-state index contributed by atoms with van der Waals surface area (Å²) < 4.78 is 0. The summed E-state index contributed by atoms with van der Waals surface area (Å²) in [5.74, 6) is 2.82. The molecule has 17 heavy (non-hydrogen) atoms. The molecule has 0 saturated carbocycles. The molecule has 1 N–H and O–H groups in total. The number of aliphatic hydroxyl groups is 1. The lowest BCUT2D eigenvalue weighted by molar-refractivity contribution is 0.238. The Morgan fingerprint density at radius 2 is 1.47 bits per heavy atom. The quantitative estimate of drug-likeness (QED) is 0.640. The van der Waals surface area contributed by atoms with E-state index in [-0.39, 0.29) is 0 Å². The zero-order valence-corrected chi connectivity index (χ0v) is 10.0. The molecule has 0 aliphatic carbocycles. The van der Waals surface area contributed by atoms with E-state index in [2.05, 4.69) is 11.2 Å². The Hall–Kier alpha value is -1.69. The summed E-state index contributed by atoms with van der Waals surface area (Å²) >= 11 is 1.42. The Morgan fingerprint density at radius 3 is 2.12 bits per heavy atom. The van der Waals surface area contributed by atoms with Gasteiger partial charge >= 0.3 is 0 Å². The van der Waals surface area contributed by atoms with Crippen LogP contribution < -0.4 is 0 Å². The van der Waals surface area contributed by atoms with Crippen molar-refractivity contribution in [3.05, 3.63) is 66.2 Å². The minimum absolute atomic E-state index is 0.715. The fraction of sp³-hybridized carbons (Fsp3) is 0.0667. The molecule has 0 radical (unpaired) electrons. The molecule has 0 saturated heterocycles. The van der Waals surface area contributed by atoms with Crippen LogP contribution in [0.25, 0.3) is 0 Å². The highest BCUT2D eigenvalue weighted by Gasteiger charge is 2.00. The van der Waals surface area contributed by atoms with Crippen molar-refractivity contribution in [1.29, 1.82) is 0 Å². The average molecular weight is 240 g/mol. The van der Waals surface area contributed by atoms with Crippen LogP contribution in [-0.2, 0) is 0 Å². The van der Waals surface area contributed by atoms with Crippen LogP contribution in [0, 0.1) is 11.2 Å². The third-order valence-electron chi connectivity index (χ3n) is 2.22.